The summed E-state index contributed by atoms with van der Waals surface area (Å²) in [5.41, 5.74) is 19.2. The van der Waals surface area contributed by atoms with E-state index in [-0.39, 0.29) is 76.6 Å². The van der Waals surface area contributed by atoms with Gasteiger partial charge in [-0.2, -0.15) is 0 Å². The van der Waals surface area contributed by atoms with Gasteiger partial charge in [0, 0.05) is 32.7 Å². The van der Waals surface area contributed by atoms with Crippen molar-refractivity contribution in [2.45, 2.75) is 134 Å². The van der Waals surface area contributed by atoms with Gasteiger partial charge in [-0.1, -0.05) is 215 Å². The highest BCUT2D eigenvalue weighted by Crippen LogP contribution is 2.37. The molecule has 3 aliphatic heterocycles. The van der Waals surface area contributed by atoms with Crippen molar-refractivity contribution in [3.05, 3.63) is 213 Å². The lowest BCUT2D eigenvalue weighted by atomic mass is 9.88. The molecule has 14 nitrogen and oxygen atoms in total. The van der Waals surface area contributed by atoms with Crippen molar-refractivity contribution in [1.82, 2.24) is 14.7 Å². The summed E-state index contributed by atoms with van der Waals surface area (Å²) in [6.07, 6.45) is 4.31. The molecular formula is C67H95IN4O10. The largest absolute Gasteiger partial charge is 0.481 e. The summed E-state index contributed by atoms with van der Waals surface area (Å²) in [6.45, 7) is 15.3. The Morgan fingerprint density at radius 1 is 0.463 bits per heavy atom. The molecule has 0 radical (unpaired) electrons. The minimum Gasteiger partial charge on any atom is -0.481 e. The van der Waals surface area contributed by atoms with Crippen LogP contribution in [0.2, 0.25) is 0 Å². The van der Waals surface area contributed by atoms with E-state index < -0.39 is 18.4 Å². The quantitative estimate of drug-likeness (QED) is 0.0710. The molecule has 3 amide bonds. The second-order valence-corrected chi connectivity index (χ2v) is 17.4. The zero-order chi connectivity index (χ0) is 57.4. The van der Waals surface area contributed by atoms with Crippen LogP contribution in [0.5, 0.6) is 0 Å². The van der Waals surface area contributed by atoms with Crippen LogP contribution in [0.25, 0.3) is 0 Å². The topological polar surface area (TPSA) is 189 Å². The molecule has 0 aromatic heterocycles. The van der Waals surface area contributed by atoms with Crippen LogP contribution in [-0.2, 0) is 69.0 Å². The van der Waals surface area contributed by atoms with Gasteiger partial charge in [-0.3, -0.25) is 19.4 Å². The summed E-state index contributed by atoms with van der Waals surface area (Å²) in [5.74, 6) is -2.62. The first-order chi connectivity index (χ1) is 37.9. The minimum absolute atomic E-state index is 0. The molecule has 4 N–H and O–H groups in total. The molecule has 0 saturated carbocycles. The highest BCUT2D eigenvalue weighted by molar-refractivity contribution is 14.0. The van der Waals surface area contributed by atoms with Gasteiger partial charge in [-0.25, -0.2) is 14.4 Å². The fourth-order valence-corrected chi connectivity index (χ4v) is 9.23. The van der Waals surface area contributed by atoms with Gasteiger partial charge in [0.15, 0.2) is 0 Å². The molecule has 3 heterocycles. The van der Waals surface area contributed by atoms with Gasteiger partial charge < -0.3 is 35.1 Å². The van der Waals surface area contributed by atoms with Crippen molar-refractivity contribution in [2.75, 3.05) is 41.0 Å². The van der Waals surface area contributed by atoms with Gasteiger partial charge in [0.2, 0.25) is 0 Å². The van der Waals surface area contributed by atoms with Crippen molar-refractivity contribution >= 4 is 54.2 Å². The second kappa shape index (κ2) is 42.6. The van der Waals surface area contributed by atoms with Crippen molar-refractivity contribution in [3.8, 4) is 0 Å². The molecule has 6 aromatic rings. The molecule has 2 atom stereocenters. The van der Waals surface area contributed by atoms with Crippen LogP contribution >= 0.6 is 24.0 Å². The molecule has 2 unspecified atom stereocenters. The number of carbonyl (C=O) groups is 5. The van der Waals surface area contributed by atoms with E-state index in [0.717, 1.165) is 61.8 Å². The zero-order valence-corrected chi connectivity index (χ0v) is 49.9. The normalized spacial score (nSPS) is 13.5. The summed E-state index contributed by atoms with van der Waals surface area (Å²) in [7, 11) is 4.30. The summed E-state index contributed by atoms with van der Waals surface area (Å²) in [4.78, 5) is 60.1. The molecule has 0 saturated heterocycles. The number of fused-ring (bicyclic) bond motifs is 3. The molecular weight excluding hydrogens is 1150 g/mol. The number of halogens is 1. The zero-order valence-electron chi connectivity index (χ0n) is 47.6. The summed E-state index contributed by atoms with van der Waals surface area (Å²) in [6, 6.07) is 52.2. The van der Waals surface area contributed by atoms with Gasteiger partial charge >= 0.3 is 30.2 Å². The number of hydrogen-bond donors (Lipinski definition) is 3. The standard InChI is InChI=1S/C26H27NO2.C18H20N2O2.C11H13NO2.C3H4O4.3C2H6.3CH4.HI/c1-29-26(28)27-19-18-22-12-5-6-13-24(22)25(27)23-16-14-21(15-17-23)11-7-10-20-8-3-2-4-9-20;1-22-18(21)20-11-10-14-4-2-3-5-16(14)17(20)15-8-6-13(12-19)7-9-15;1-14-11(13)12-7-6-9-4-2-3-5-10(9)8-12;4-2(5)1-3(6)7;3*1-2;;;;/h2-6,8-9,12-17,25H,7,10-11,18-19H2,1H3;2-9,17H,10-12,19H2,1H3;2-5H,6-8H2,1H3;1H2,(H,4,5)(H,6,7);3*1-2H3;3*1H4;1H. The van der Waals surface area contributed by atoms with Crippen LogP contribution in [-0.4, -0.2) is 96.1 Å². The lowest BCUT2D eigenvalue weighted by Crippen LogP contribution is -2.40. The molecule has 82 heavy (non-hydrogen) atoms. The van der Waals surface area contributed by atoms with Crippen molar-refractivity contribution in [3.63, 3.8) is 0 Å². The SMILES string of the molecule is C.C.C.CC.CC.CC.COC(=O)N1CCc2ccccc2C1.COC(=O)N1CCc2ccccc2C1c1ccc(CCCc2ccccc2)cc1.COC(=O)N1CCc2ccccc2C1c1ccc(CN)cc1.I.O=C(O)CC(=O)O. The van der Waals surface area contributed by atoms with Crippen LogP contribution in [0.4, 0.5) is 14.4 Å². The first-order valence-electron chi connectivity index (χ1n) is 27.0. The number of carbonyl (C=O) groups excluding carboxylic acids is 3. The Morgan fingerprint density at radius 2 is 0.817 bits per heavy atom. The average molecular weight is 1240 g/mol. The smallest absolute Gasteiger partial charge is 0.410 e. The molecule has 9 rings (SSSR count). The number of nitrogens with zero attached hydrogens (tertiary/aromatic N) is 3. The number of ether oxygens (including phenoxy) is 3. The molecule has 450 valence electrons. The lowest BCUT2D eigenvalue weighted by molar-refractivity contribution is -0.147. The molecule has 3 aliphatic rings. The third-order valence-corrected chi connectivity index (χ3v) is 12.9. The fourth-order valence-electron chi connectivity index (χ4n) is 9.23. The lowest BCUT2D eigenvalue weighted by Gasteiger charge is -2.36. The Labute approximate surface area is 508 Å². The van der Waals surface area contributed by atoms with E-state index >= 15 is 0 Å². The number of aryl methyl sites for hydroxylation is 2. The van der Waals surface area contributed by atoms with Crippen molar-refractivity contribution in [1.29, 1.82) is 0 Å². The van der Waals surface area contributed by atoms with E-state index in [1.807, 2.05) is 101 Å². The van der Waals surface area contributed by atoms with Crippen LogP contribution in [0.15, 0.2) is 152 Å². The molecule has 0 aliphatic carbocycles. The first kappa shape index (κ1) is 76.8. The highest BCUT2D eigenvalue weighted by atomic mass is 127. The van der Waals surface area contributed by atoms with Crippen LogP contribution in [0, 0.1) is 0 Å². The van der Waals surface area contributed by atoms with E-state index in [0.29, 0.717) is 26.2 Å². The number of nitrogens with two attached hydrogens (primary N) is 1. The van der Waals surface area contributed by atoms with Gasteiger partial charge in [-0.05, 0) is 99.7 Å². The average Bonchev–Trinajstić information content (AvgIpc) is 3.67. The van der Waals surface area contributed by atoms with Gasteiger partial charge in [0.05, 0.1) is 33.4 Å². The van der Waals surface area contributed by atoms with Gasteiger partial charge in [-0.15, -0.1) is 24.0 Å². The Kier molecular flexibility index (Phi) is 39.9. The van der Waals surface area contributed by atoms with Crippen molar-refractivity contribution < 1.29 is 48.4 Å². The number of aliphatic carboxylic acids is 2. The van der Waals surface area contributed by atoms with Crippen LogP contribution < -0.4 is 5.73 Å². The summed E-state index contributed by atoms with van der Waals surface area (Å²) < 4.78 is 14.7. The minimum atomic E-state index is -1.31. The number of rotatable bonds is 9. The Hall–Kier alpha value is -7.24. The first-order valence-corrected chi connectivity index (χ1v) is 27.0. The number of benzene rings is 6. The Balaban J connectivity index is 0. The van der Waals surface area contributed by atoms with E-state index in [1.54, 1.807) is 9.80 Å². The predicted octanol–water partition coefficient (Wildman–Crippen LogP) is 15.4. The number of amides is 3. The maximum Gasteiger partial charge on any atom is 0.410 e. The van der Waals surface area contributed by atoms with Gasteiger partial charge in [0.25, 0.3) is 0 Å². The third-order valence-electron chi connectivity index (χ3n) is 12.9. The van der Waals surface area contributed by atoms with Crippen LogP contribution in [0.1, 0.15) is 150 Å². The molecule has 0 fully saturated rings. The van der Waals surface area contributed by atoms with Gasteiger partial charge in [0.1, 0.15) is 6.42 Å². The summed E-state index contributed by atoms with van der Waals surface area (Å²) >= 11 is 0. The van der Waals surface area contributed by atoms with E-state index in [9.17, 15) is 24.0 Å². The number of hydrogen-bond acceptors (Lipinski definition) is 9. The molecule has 15 heteroatoms. The monoisotopic (exact) mass is 1240 g/mol. The van der Waals surface area contributed by atoms with E-state index in [1.165, 1.54) is 65.8 Å². The Bertz CT molecular complexity index is 2730. The number of carboxylic acids is 2. The Morgan fingerprint density at radius 3 is 1.21 bits per heavy atom. The third kappa shape index (κ3) is 23.3. The van der Waals surface area contributed by atoms with Crippen molar-refractivity contribution in [2.24, 2.45) is 5.73 Å². The highest BCUT2D eigenvalue weighted by Gasteiger charge is 2.34. The molecule has 6 aromatic carbocycles. The summed E-state index contributed by atoms with van der Waals surface area (Å²) in [5, 5.41) is 15.4. The predicted molar refractivity (Wildman–Crippen MR) is 344 cm³/mol. The van der Waals surface area contributed by atoms with Crippen LogP contribution in [0.3, 0.4) is 0 Å². The maximum absolute atomic E-state index is 12.4. The maximum atomic E-state index is 12.4. The van der Waals surface area contributed by atoms with E-state index in [2.05, 4.69) is 97.1 Å². The fraction of sp³-hybridized carbons (Fsp3) is 0.388. The number of carboxylic acid groups (broad SMARTS) is 2. The molecule has 0 spiro atoms. The second-order valence-electron chi connectivity index (χ2n) is 17.4. The van der Waals surface area contributed by atoms with E-state index in [4.69, 9.17) is 30.2 Å². The molecule has 0 bridgehead atoms. The number of methoxy groups -OCH3 is 3.